The SMILES string of the molecule is CC(C)c1coc(C=[OH+])c1. The number of aldehydes is 1. The van der Waals surface area contributed by atoms with E-state index < -0.39 is 0 Å². The fraction of sp³-hybridized carbons (Fsp3) is 0.375. The Morgan fingerprint density at radius 2 is 2.30 bits per heavy atom. The first kappa shape index (κ1) is 7.06. The van der Waals surface area contributed by atoms with Crippen molar-refractivity contribution >= 4 is 6.29 Å². The summed E-state index contributed by atoms with van der Waals surface area (Å²) in [5.74, 6) is 0.973. The molecular formula is C8H11O2+. The van der Waals surface area contributed by atoms with Crippen LogP contribution in [0.15, 0.2) is 16.7 Å². The third-order valence-corrected chi connectivity index (χ3v) is 1.43. The van der Waals surface area contributed by atoms with E-state index in [4.69, 9.17) is 9.21 Å². The topological polar surface area (TPSA) is 34.5 Å². The van der Waals surface area contributed by atoms with Gasteiger partial charge in [0.05, 0.1) is 6.26 Å². The van der Waals surface area contributed by atoms with Crippen LogP contribution in [0.4, 0.5) is 0 Å². The molecule has 1 aromatic heterocycles. The molecule has 1 heterocycles. The lowest BCUT2D eigenvalue weighted by atomic mass is 10.1. The second-order valence-electron chi connectivity index (χ2n) is 2.57. The lowest BCUT2D eigenvalue weighted by molar-refractivity contribution is 0.543. The van der Waals surface area contributed by atoms with Gasteiger partial charge in [-0.1, -0.05) is 13.8 Å². The number of hydrogen-bond acceptors (Lipinski definition) is 1. The van der Waals surface area contributed by atoms with Crippen LogP contribution in [0.2, 0.25) is 0 Å². The molecule has 0 fully saturated rings. The molecule has 2 heteroatoms. The Bertz CT molecular complexity index is 223. The molecule has 0 saturated heterocycles. The highest BCUT2D eigenvalue weighted by Gasteiger charge is 2.04. The van der Waals surface area contributed by atoms with Crippen LogP contribution < -0.4 is 0 Å². The first-order chi connectivity index (χ1) is 4.74. The van der Waals surface area contributed by atoms with Crippen molar-refractivity contribution in [1.29, 1.82) is 0 Å². The highest BCUT2D eigenvalue weighted by atomic mass is 16.3. The Hall–Kier alpha value is -1.05. The van der Waals surface area contributed by atoms with Crippen molar-refractivity contribution in [3.63, 3.8) is 0 Å². The maximum Gasteiger partial charge on any atom is 0.347 e. The molecule has 0 amide bonds. The van der Waals surface area contributed by atoms with Crippen LogP contribution in [-0.2, 0) is 0 Å². The fourth-order valence-corrected chi connectivity index (χ4v) is 0.739. The van der Waals surface area contributed by atoms with E-state index in [0.29, 0.717) is 11.7 Å². The van der Waals surface area contributed by atoms with Gasteiger partial charge in [-0.05, 0) is 17.5 Å². The van der Waals surface area contributed by atoms with Crippen LogP contribution in [0, 0.1) is 0 Å². The molecule has 0 radical (unpaired) electrons. The molecule has 1 aromatic rings. The molecule has 1 N–H and O–H groups in total. The van der Waals surface area contributed by atoms with Crippen molar-refractivity contribution in [3.05, 3.63) is 23.7 Å². The van der Waals surface area contributed by atoms with Crippen molar-refractivity contribution in [1.82, 2.24) is 0 Å². The molecule has 0 aliphatic carbocycles. The third kappa shape index (κ3) is 1.26. The predicted octanol–water partition coefficient (Wildman–Crippen LogP) is 1.93. The molecule has 0 saturated carbocycles. The minimum Gasteiger partial charge on any atom is -0.455 e. The second kappa shape index (κ2) is 2.69. The van der Waals surface area contributed by atoms with Crippen molar-refractivity contribution in [2.45, 2.75) is 19.8 Å². The van der Waals surface area contributed by atoms with E-state index in [2.05, 4.69) is 13.8 Å². The Balaban J connectivity index is 2.88. The maximum absolute atomic E-state index is 8.51. The van der Waals surface area contributed by atoms with Crippen molar-refractivity contribution in [3.8, 4) is 0 Å². The summed E-state index contributed by atoms with van der Waals surface area (Å²) in [6.07, 6.45) is 2.62. The van der Waals surface area contributed by atoms with E-state index in [9.17, 15) is 0 Å². The molecule has 0 bridgehead atoms. The molecule has 0 aromatic carbocycles. The molecule has 2 nitrogen and oxygen atoms in total. The Labute approximate surface area is 59.8 Å². The number of hydrogen-bond donors (Lipinski definition) is 0. The van der Waals surface area contributed by atoms with Gasteiger partial charge in [-0.3, -0.25) is 4.79 Å². The van der Waals surface area contributed by atoms with Crippen molar-refractivity contribution in [2.75, 3.05) is 0 Å². The van der Waals surface area contributed by atoms with E-state index in [1.54, 1.807) is 6.26 Å². The van der Waals surface area contributed by atoms with Gasteiger partial charge in [0.25, 0.3) is 0 Å². The molecule has 0 spiro atoms. The third-order valence-electron chi connectivity index (χ3n) is 1.43. The molecule has 1 rings (SSSR count). The van der Waals surface area contributed by atoms with Crippen LogP contribution in [0.3, 0.4) is 0 Å². The molecule has 0 atom stereocenters. The molecular weight excluding hydrogens is 128 g/mol. The second-order valence-corrected chi connectivity index (χ2v) is 2.57. The average molecular weight is 139 g/mol. The Kier molecular flexibility index (Phi) is 1.90. The lowest BCUT2D eigenvalue weighted by Gasteiger charge is -1.94. The zero-order valence-corrected chi connectivity index (χ0v) is 6.16. The highest BCUT2D eigenvalue weighted by molar-refractivity contribution is 5.71. The van der Waals surface area contributed by atoms with Crippen LogP contribution in [0.25, 0.3) is 0 Å². The van der Waals surface area contributed by atoms with Crippen LogP contribution in [-0.4, -0.2) is 11.1 Å². The first-order valence-corrected chi connectivity index (χ1v) is 3.30. The van der Waals surface area contributed by atoms with Gasteiger partial charge in [-0.15, -0.1) is 0 Å². The van der Waals surface area contributed by atoms with Gasteiger partial charge in [0.15, 0.2) is 0 Å². The molecule has 0 aliphatic rings. The smallest absolute Gasteiger partial charge is 0.347 e. The summed E-state index contributed by atoms with van der Waals surface area (Å²) in [7, 11) is 0. The van der Waals surface area contributed by atoms with E-state index in [0.717, 1.165) is 11.8 Å². The zero-order chi connectivity index (χ0) is 7.56. The molecule has 0 unspecified atom stereocenters. The van der Waals surface area contributed by atoms with Gasteiger partial charge in [-0.2, -0.15) is 0 Å². The van der Waals surface area contributed by atoms with Crippen LogP contribution in [0.1, 0.15) is 31.1 Å². The molecule has 54 valence electrons. The van der Waals surface area contributed by atoms with Gasteiger partial charge in [0.2, 0.25) is 5.76 Å². The van der Waals surface area contributed by atoms with E-state index >= 15 is 0 Å². The normalized spacial score (nSPS) is 10.3. The summed E-state index contributed by atoms with van der Waals surface area (Å²) >= 11 is 0. The van der Waals surface area contributed by atoms with Crippen molar-refractivity contribution < 1.29 is 9.21 Å². The highest BCUT2D eigenvalue weighted by Crippen LogP contribution is 2.15. The summed E-state index contributed by atoms with van der Waals surface area (Å²) in [6.45, 7) is 4.15. The number of carbonyl (C=O) groups excluding carboxylic acids is 1. The monoisotopic (exact) mass is 139 g/mol. The largest absolute Gasteiger partial charge is 0.455 e. The predicted molar refractivity (Wildman–Crippen MR) is 39.9 cm³/mol. The quantitative estimate of drug-likeness (QED) is 0.455. The first-order valence-electron chi connectivity index (χ1n) is 3.30. The summed E-state index contributed by atoms with van der Waals surface area (Å²) in [6, 6.07) is 1.82. The van der Waals surface area contributed by atoms with E-state index in [-0.39, 0.29) is 0 Å². The van der Waals surface area contributed by atoms with Gasteiger partial charge in [-0.25, -0.2) is 0 Å². The van der Waals surface area contributed by atoms with Crippen molar-refractivity contribution in [2.24, 2.45) is 0 Å². The van der Waals surface area contributed by atoms with E-state index in [1.807, 2.05) is 6.07 Å². The van der Waals surface area contributed by atoms with Crippen LogP contribution in [0.5, 0.6) is 0 Å². The number of furan rings is 1. The maximum atomic E-state index is 8.51. The Morgan fingerprint density at radius 1 is 1.60 bits per heavy atom. The summed E-state index contributed by atoms with van der Waals surface area (Å²) in [5.41, 5.74) is 1.11. The minimum absolute atomic E-state index is 0.456. The van der Waals surface area contributed by atoms with Gasteiger partial charge >= 0.3 is 6.29 Å². The molecule has 10 heavy (non-hydrogen) atoms. The van der Waals surface area contributed by atoms with Gasteiger partial charge in [0, 0.05) is 0 Å². The minimum atomic E-state index is 0.456. The number of rotatable bonds is 2. The lowest BCUT2D eigenvalue weighted by Crippen LogP contribution is -1.80. The summed E-state index contributed by atoms with van der Waals surface area (Å²) < 4.78 is 4.97. The van der Waals surface area contributed by atoms with Crippen LogP contribution >= 0.6 is 0 Å². The Morgan fingerprint density at radius 3 is 2.60 bits per heavy atom. The average Bonchev–Trinajstić information content (AvgIpc) is 2.34. The summed E-state index contributed by atoms with van der Waals surface area (Å²) in [4.78, 5) is 8.51. The molecule has 0 aliphatic heterocycles. The standard InChI is InChI=1S/C8H10O2/c1-6(2)7-3-8(4-9)10-5-7/h3-6H,1-2H3/p+1. The fourth-order valence-electron chi connectivity index (χ4n) is 0.739. The van der Waals surface area contributed by atoms with Gasteiger partial charge in [0.1, 0.15) is 0 Å². The summed E-state index contributed by atoms with van der Waals surface area (Å²) in [5, 5.41) is 0. The van der Waals surface area contributed by atoms with Gasteiger partial charge < -0.3 is 4.42 Å². The zero-order valence-electron chi connectivity index (χ0n) is 6.16. The van der Waals surface area contributed by atoms with E-state index in [1.165, 1.54) is 0 Å².